The number of nitrogen functional groups attached to an aromatic ring is 1. The van der Waals surface area contributed by atoms with Crippen molar-refractivity contribution < 1.29 is 0 Å². The number of hydrogen-bond acceptors (Lipinski definition) is 6. The first-order valence-corrected chi connectivity index (χ1v) is 8.23. The van der Waals surface area contributed by atoms with E-state index in [0.29, 0.717) is 5.82 Å². The number of nitrogens with two attached hydrogens (primary N) is 1. The molecule has 0 aromatic carbocycles. The zero-order chi connectivity index (χ0) is 17.5. The fraction of sp³-hybridized carbons (Fsp3) is 0.389. The standard InChI is InChI=1S/C18H26N6/c1-5-7-9-24(8-6-2)18-17(19)22-12-16(23-18)15-10-14(20-4)11-21-13(15)3/h5,10-12,20H,1,6-9H2,2-4H3,(H2,19,22). The second kappa shape index (κ2) is 8.29. The quantitative estimate of drug-likeness (QED) is 0.725. The largest absolute Gasteiger partial charge is 0.387 e. The molecule has 6 nitrogen and oxygen atoms in total. The van der Waals surface area contributed by atoms with Gasteiger partial charge in [-0.1, -0.05) is 13.0 Å². The van der Waals surface area contributed by atoms with Gasteiger partial charge in [0.05, 0.1) is 23.8 Å². The first-order valence-electron chi connectivity index (χ1n) is 8.23. The fourth-order valence-electron chi connectivity index (χ4n) is 2.52. The predicted molar refractivity (Wildman–Crippen MR) is 101 cm³/mol. The summed E-state index contributed by atoms with van der Waals surface area (Å²) in [6.45, 7) is 9.61. The molecule has 2 rings (SSSR count). The summed E-state index contributed by atoms with van der Waals surface area (Å²) in [7, 11) is 1.87. The highest BCUT2D eigenvalue weighted by Crippen LogP contribution is 2.27. The van der Waals surface area contributed by atoms with Crippen LogP contribution in [-0.2, 0) is 0 Å². The predicted octanol–water partition coefficient (Wildman–Crippen LogP) is 3.26. The van der Waals surface area contributed by atoms with Gasteiger partial charge in [0.25, 0.3) is 0 Å². The molecule has 2 aromatic rings. The minimum absolute atomic E-state index is 0.451. The molecule has 0 saturated carbocycles. The summed E-state index contributed by atoms with van der Waals surface area (Å²) in [5.74, 6) is 1.18. The SMILES string of the molecule is C=CCCN(CCC)c1nc(-c2cc(NC)cnc2C)cnc1N. The normalized spacial score (nSPS) is 10.5. The van der Waals surface area contributed by atoms with Crippen LogP contribution in [0.3, 0.4) is 0 Å². The van der Waals surface area contributed by atoms with E-state index in [2.05, 4.69) is 33.7 Å². The van der Waals surface area contributed by atoms with Gasteiger partial charge < -0.3 is 16.0 Å². The highest BCUT2D eigenvalue weighted by atomic mass is 15.2. The smallest absolute Gasteiger partial charge is 0.172 e. The molecule has 6 heteroatoms. The summed E-state index contributed by atoms with van der Waals surface area (Å²) in [5.41, 5.74) is 9.68. The van der Waals surface area contributed by atoms with Crippen LogP contribution in [0.1, 0.15) is 25.5 Å². The molecule has 0 amide bonds. The lowest BCUT2D eigenvalue weighted by Crippen LogP contribution is -2.27. The molecule has 2 aromatic heterocycles. The van der Waals surface area contributed by atoms with Gasteiger partial charge in [-0.25, -0.2) is 9.97 Å². The third kappa shape index (κ3) is 4.01. The Morgan fingerprint density at radius 2 is 2.08 bits per heavy atom. The molecule has 0 atom stereocenters. The Balaban J connectivity index is 2.45. The first kappa shape index (κ1) is 17.7. The lowest BCUT2D eigenvalue weighted by atomic mass is 10.1. The van der Waals surface area contributed by atoms with Crippen LogP contribution in [0.2, 0.25) is 0 Å². The van der Waals surface area contributed by atoms with Gasteiger partial charge in [-0.2, -0.15) is 0 Å². The summed E-state index contributed by atoms with van der Waals surface area (Å²) in [5, 5.41) is 3.10. The summed E-state index contributed by atoms with van der Waals surface area (Å²) < 4.78 is 0. The van der Waals surface area contributed by atoms with Crippen molar-refractivity contribution in [2.45, 2.75) is 26.7 Å². The summed E-state index contributed by atoms with van der Waals surface area (Å²) in [6, 6.07) is 2.03. The van der Waals surface area contributed by atoms with Gasteiger partial charge >= 0.3 is 0 Å². The number of aromatic nitrogens is 3. The molecule has 24 heavy (non-hydrogen) atoms. The zero-order valence-electron chi connectivity index (χ0n) is 14.7. The van der Waals surface area contributed by atoms with Gasteiger partial charge in [0, 0.05) is 31.4 Å². The van der Waals surface area contributed by atoms with Crippen molar-refractivity contribution in [3.63, 3.8) is 0 Å². The van der Waals surface area contributed by atoms with Gasteiger partial charge in [0.2, 0.25) is 0 Å². The van der Waals surface area contributed by atoms with Gasteiger partial charge in [0.15, 0.2) is 11.6 Å². The van der Waals surface area contributed by atoms with E-state index in [-0.39, 0.29) is 0 Å². The minimum atomic E-state index is 0.451. The van der Waals surface area contributed by atoms with E-state index in [0.717, 1.165) is 54.4 Å². The number of aryl methyl sites for hydroxylation is 1. The van der Waals surface area contributed by atoms with Crippen LogP contribution >= 0.6 is 0 Å². The molecule has 0 saturated heterocycles. The monoisotopic (exact) mass is 326 g/mol. The van der Waals surface area contributed by atoms with E-state index in [9.17, 15) is 0 Å². The van der Waals surface area contributed by atoms with Crippen LogP contribution in [0.15, 0.2) is 31.1 Å². The Morgan fingerprint density at radius 1 is 1.29 bits per heavy atom. The van der Waals surface area contributed by atoms with E-state index < -0.39 is 0 Å². The van der Waals surface area contributed by atoms with Crippen molar-refractivity contribution in [3.05, 3.63) is 36.8 Å². The highest BCUT2D eigenvalue weighted by Gasteiger charge is 2.15. The average molecular weight is 326 g/mol. The molecule has 0 aliphatic carbocycles. The van der Waals surface area contributed by atoms with E-state index >= 15 is 0 Å². The third-order valence-corrected chi connectivity index (χ3v) is 3.83. The molecule has 3 N–H and O–H groups in total. The van der Waals surface area contributed by atoms with Crippen molar-refractivity contribution in [1.82, 2.24) is 15.0 Å². The van der Waals surface area contributed by atoms with Gasteiger partial charge in [-0.15, -0.1) is 6.58 Å². The molecule has 2 heterocycles. The summed E-state index contributed by atoms with van der Waals surface area (Å²) in [4.78, 5) is 15.7. The molecular weight excluding hydrogens is 300 g/mol. The number of anilines is 3. The molecule has 0 aliphatic heterocycles. The van der Waals surface area contributed by atoms with Crippen LogP contribution in [-0.4, -0.2) is 35.1 Å². The second-order valence-electron chi connectivity index (χ2n) is 5.64. The minimum Gasteiger partial charge on any atom is -0.387 e. The maximum Gasteiger partial charge on any atom is 0.172 e. The van der Waals surface area contributed by atoms with Crippen molar-refractivity contribution in [3.8, 4) is 11.3 Å². The molecule has 0 spiro atoms. The maximum absolute atomic E-state index is 6.10. The number of hydrogen-bond donors (Lipinski definition) is 2. The Labute approximate surface area is 143 Å². The Hall–Kier alpha value is -2.63. The summed E-state index contributed by atoms with van der Waals surface area (Å²) >= 11 is 0. The van der Waals surface area contributed by atoms with Gasteiger partial charge in [-0.3, -0.25) is 4.98 Å². The first-order chi connectivity index (χ1) is 11.6. The fourth-order valence-corrected chi connectivity index (χ4v) is 2.52. The van der Waals surface area contributed by atoms with Gasteiger partial charge in [-0.05, 0) is 25.8 Å². The maximum atomic E-state index is 6.10. The number of rotatable bonds is 8. The van der Waals surface area contributed by atoms with Crippen molar-refractivity contribution in [2.75, 3.05) is 36.1 Å². The molecule has 0 fully saturated rings. The molecule has 0 bridgehead atoms. The second-order valence-corrected chi connectivity index (χ2v) is 5.64. The Kier molecular flexibility index (Phi) is 6.12. The van der Waals surface area contributed by atoms with Crippen LogP contribution in [0.25, 0.3) is 11.3 Å². The Morgan fingerprint density at radius 3 is 2.75 bits per heavy atom. The molecule has 0 unspecified atom stereocenters. The van der Waals surface area contributed by atoms with Crippen LogP contribution in [0.5, 0.6) is 0 Å². The number of nitrogens with one attached hydrogen (secondary N) is 1. The van der Waals surface area contributed by atoms with Crippen LogP contribution in [0, 0.1) is 6.92 Å². The van der Waals surface area contributed by atoms with E-state index in [1.807, 2.05) is 26.1 Å². The van der Waals surface area contributed by atoms with Crippen molar-refractivity contribution in [1.29, 1.82) is 0 Å². The van der Waals surface area contributed by atoms with E-state index in [4.69, 9.17) is 10.7 Å². The van der Waals surface area contributed by atoms with Gasteiger partial charge in [0.1, 0.15) is 0 Å². The van der Waals surface area contributed by atoms with E-state index in [1.54, 1.807) is 12.4 Å². The van der Waals surface area contributed by atoms with Crippen molar-refractivity contribution in [2.24, 2.45) is 0 Å². The third-order valence-electron chi connectivity index (χ3n) is 3.83. The molecule has 128 valence electrons. The highest BCUT2D eigenvalue weighted by molar-refractivity contribution is 5.70. The van der Waals surface area contributed by atoms with Crippen LogP contribution in [0.4, 0.5) is 17.3 Å². The lowest BCUT2D eigenvalue weighted by molar-refractivity contribution is 0.753. The molecular formula is C18H26N6. The van der Waals surface area contributed by atoms with Crippen molar-refractivity contribution >= 4 is 17.3 Å². The average Bonchev–Trinajstić information content (AvgIpc) is 2.60. The summed E-state index contributed by atoms with van der Waals surface area (Å²) in [6.07, 6.45) is 7.30. The lowest BCUT2D eigenvalue weighted by Gasteiger charge is -2.24. The zero-order valence-corrected chi connectivity index (χ0v) is 14.7. The molecule has 0 aliphatic rings. The number of nitrogens with zero attached hydrogens (tertiary/aromatic N) is 4. The Bertz CT molecular complexity index is 698. The van der Waals surface area contributed by atoms with E-state index in [1.165, 1.54) is 0 Å². The molecule has 0 radical (unpaired) electrons. The number of pyridine rings is 1. The topological polar surface area (TPSA) is 80.0 Å². The van der Waals surface area contributed by atoms with Crippen LogP contribution < -0.4 is 16.0 Å².